The van der Waals surface area contributed by atoms with E-state index in [1.807, 2.05) is 0 Å². The molecule has 5 saturated carbocycles. The predicted molar refractivity (Wildman–Crippen MR) is 85.8 cm³/mol. The average molecular weight is 341 g/mol. The highest BCUT2D eigenvalue weighted by Crippen LogP contribution is 2.54. The zero-order chi connectivity index (χ0) is 16.2. The van der Waals surface area contributed by atoms with E-state index in [0.29, 0.717) is 24.7 Å². The molecule has 6 heteroatoms. The molecule has 5 aliphatic rings. The monoisotopic (exact) mass is 341 g/mol. The molecule has 0 aliphatic heterocycles. The second kappa shape index (κ2) is 5.73. The number of primary sulfonamides is 1. The number of rotatable bonds is 3. The molecule has 2 atom stereocenters. The molecule has 0 radical (unpaired) electrons. The first-order valence-electron chi connectivity index (χ1n) is 9.14. The average Bonchev–Trinajstić information content (AvgIpc) is 2.49. The highest BCUT2D eigenvalue weighted by molar-refractivity contribution is 7.89. The largest absolute Gasteiger partial charge is 0.462 e. The Labute approximate surface area is 138 Å². The summed E-state index contributed by atoms with van der Waals surface area (Å²) >= 11 is 0. The van der Waals surface area contributed by atoms with Gasteiger partial charge in [0.1, 0.15) is 6.10 Å². The molecule has 5 aliphatic carbocycles. The van der Waals surface area contributed by atoms with Crippen LogP contribution in [-0.4, -0.2) is 25.7 Å². The van der Waals surface area contributed by atoms with Gasteiger partial charge in [-0.05, 0) is 68.6 Å². The summed E-state index contributed by atoms with van der Waals surface area (Å²) < 4.78 is 29.5. The molecule has 4 bridgehead atoms. The van der Waals surface area contributed by atoms with Crippen molar-refractivity contribution in [3.05, 3.63) is 0 Å². The van der Waals surface area contributed by atoms with Gasteiger partial charge in [-0.15, -0.1) is 0 Å². The fraction of sp³-hybridized carbons (Fsp3) is 0.941. The Morgan fingerprint density at radius 3 is 2.04 bits per heavy atom. The minimum Gasteiger partial charge on any atom is -0.462 e. The smallest absolute Gasteiger partial charge is 0.310 e. The van der Waals surface area contributed by atoms with Crippen LogP contribution in [0.3, 0.4) is 0 Å². The van der Waals surface area contributed by atoms with Crippen molar-refractivity contribution in [2.45, 2.75) is 69.1 Å². The number of carbonyl (C=O) groups excluding carboxylic acids is 1. The van der Waals surface area contributed by atoms with E-state index in [1.54, 1.807) is 0 Å². The molecular weight excluding hydrogens is 314 g/mol. The van der Waals surface area contributed by atoms with E-state index in [2.05, 4.69) is 0 Å². The molecule has 0 aromatic carbocycles. The second-order valence-corrected chi connectivity index (χ2v) is 10.1. The Hall–Kier alpha value is -0.620. The van der Waals surface area contributed by atoms with Crippen LogP contribution in [0.15, 0.2) is 0 Å². The van der Waals surface area contributed by atoms with Gasteiger partial charge < -0.3 is 4.74 Å². The maximum Gasteiger partial charge on any atom is 0.310 e. The normalized spacial score (nSPS) is 45.9. The van der Waals surface area contributed by atoms with Gasteiger partial charge in [0.25, 0.3) is 0 Å². The standard InChI is InChI=1S/C17H27NO4S/c18-23(20,21)15-4-2-1-3-14(15)17(19)22-16-12-6-10-5-11(8-12)9-13(16)7-10/h10-16H,1-9H2,(H2,18,20,21). The lowest BCUT2D eigenvalue weighted by molar-refractivity contribution is -0.176. The lowest BCUT2D eigenvalue weighted by Crippen LogP contribution is -2.51. The quantitative estimate of drug-likeness (QED) is 0.797. The summed E-state index contributed by atoms with van der Waals surface area (Å²) in [4.78, 5) is 12.7. The summed E-state index contributed by atoms with van der Waals surface area (Å²) in [6, 6.07) is 0. The van der Waals surface area contributed by atoms with E-state index in [9.17, 15) is 13.2 Å². The minimum absolute atomic E-state index is 0.0263. The molecule has 0 saturated heterocycles. The zero-order valence-corrected chi connectivity index (χ0v) is 14.3. The van der Waals surface area contributed by atoms with Crippen LogP contribution in [0.1, 0.15) is 57.8 Å². The lowest BCUT2D eigenvalue weighted by Gasteiger charge is -2.53. The van der Waals surface area contributed by atoms with Crippen LogP contribution in [-0.2, 0) is 19.6 Å². The van der Waals surface area contributed by atoms with E-state index in [-0.39, 0.29) is 12.1 Å². The van der Waals surface area contributed by atoms with Gasteiger partial charge in [-0.1, -0.05) is 12.8 Å². The molecule has 0 aromatic rings. The van der Waals surface area contributed by atoms with Gasteiger partial charge in [0.15, 0.2) is 0 Å². The fourth-order valence-corrected chi connectivity index (χ4v) is 7.25. The lowest BCUT2D eigenvalue weighted by atomic mass is 9.55. The van der Waals surface area contributed by atoms with Gasteiger partial charge in [-0.2, -0.15) is 0 Å². The Balaban J connectivity index is 1.47. The van der Waals surface area contributed by atoms with E-state index in [0.717, 1.165) is 24.7 Å². The number of ether oxygens (including phenoxy) is 1. The van der Waals surface area contributed by atoms with Gasteiger partial charge in [0, 0.05) is 0 Å². The molecule has 5 fully saturated rings. The Bertz CT molecular complexity index is 559. The number of carbonyl (C=O) groups is 1. The van der Waals surface area contributed by atoms with Crippen LogP contribution >= 0.6 is 0 Å². The summed E-state index contributed by atoms with van der Waals surface area (Å²) in [5.41, 5.74) is 0. The maximum absolute atomic E-state index is 12.7. The highest BCUT2D eigenvalue weighted by atomic mass is 32.2. The van der Waals surface area contributed by atoms with Gasteiger partial charge in [-0.3, -0.25) is 4.79 Å². The molecule has 5 nitrogen and oxygen atoms in total. The molecular formula is C17H27NO4S. The van der Waals surface area contributed by atoms with Crippen molar-refractivity contribution >= 4 is 16.0 Å². The Morgan fingerprint density at radius 2 is 1.48 bits per heavy atom. The number of hydrogen-bond acceptors (Lipinski definition) is 4. The molecule has 0 amide bonds. The van der Waals surface area contributed by atoms with Crippen LogP contribution in [0.2, 0.25) is 0 Å². The van der Waals surface area contributed by atoms with Crippen LogP contribution in [0, 0.1) is 29.6 Å². The molecule has 23 heavy (non-hydrogen) atoms. The minimum atomic E-state index is -3.68. The molecule has 2 unspecified atom stereocenters. The van der Waals surface area contributed by atoms with E-state index < -0.39 is 21.2 Å². The van der Waals surface area contributed by atoms with Crippen molar-refractivity contribution in [2.75, 3.05) is 0 Å². The first kappa shape index (κ1) is 15.9. The number of nitrogens with two attached hydrogens (primary N) is 1. The first-order chi connectivity index (χ1) is 10.9. The fourth-order valence-electron chi connectivity index (χ4n) is 6.05. The first-order valence-corrected chi connectivity index (χ1v) is 10.7. The van der Waals surface area contributed by atoms with Crippen molar-refractivity contribution in [3.63, 3.8) is 0 Å². The van der Waals surface area contributed by atoms with Crippen molar-refractivity contribution in [2.24, 2.45) is 34.7 Å². The number of hydrogen-bond donors (Lipinski definition) is 1. The topological polar surface area (TPSA) is 86.5 Å². The third kappa shape index (κ3) is 2.93. The van der Waals surface area contributed by atoms with Crippen molar-refractivity contribution in [1.29, 1.82) is 0 Å². The maximum atomic E-state index is 12.7. The molecule has 0 aromatic heterocycles. The van der Waals surface area contributed by atoms with Crippen molar-refractivity contribution in [1.82, 2.24) is 0 Å². The van der Waals surface area contributed by atoms with Crippen LogP contribution in [0.4, 0.5) is 0 Å². The van der Waals surface area contributed by atoms with Crippen LogP contribution < -0.4 is 5.14 Å². The van der Waals surface area contributed by atoms with Gasteiger partial charge in [0.05, 0.1) is 11.2 Å². The summed E-state index contributed by atoms with van der Waals surface area (Å²) in [5.74, 6) is 1.81. The summed E-state index contributed by atoms with van der Waals surface area (Å²) in [6.07, 6.45) is 8.93. The van der Waals surface area contributed by atoms with E-state index in [4.69, 9.17) is 9.88 Å². The van der Waals surface area contributed by atoms with Gasteiger partial charge in [-0.25, -0.2) is 13.6 Å². The van der Waals surface area contributed by atoms with Crippen molar-refractivity contribution < 1.29 is 17.9 Å². The summed E-state index contributed by atoms with van der Waals surface area (Å²) in [7, 11) is -3.68. The number of sulfonamides is 1. The number of esters is 1. The van der Waals surface area contributed by atoms with Gasteiger partial charge >= 0.3 is 5.97 Å². The molecule has 0 heterocycles. The SMILES string of the molecule is NS(=O)(=O)C1CCCCC1C(=O)OC1C2CC3CC(C2)CC1C3. The highest BCUT2D eigenvalue weighted by Gasteiger charge is 2.51. The van der Waals surface area contributed by atoms with Crippen LogP contribution in [0.25, 0.3) is 0 Å². The zero-order valence-electron chi connectivity index (χ0n) is 13.5. The third-order valence-electron chi connectivity index (χ3n) is 6.82. The second-order valence-electron chi connectivity index (χ2n) is 8.35. The summed E-state index contributed by atoms with van der Waals surface area (Å²) in [6.45, 7) is 0. The molecule has 2 N–H and O–H groups in total. The molecule has 130 valence electrons. The van der Waals surface area contributed by atoms with Crippen molar-refractivity contribution in [3.8, 4) is 0 Å². The third-order valence-corrected chi connectivity index (χ3v) is 8.23. The summed E-state index contributed by atoms with van der Waals surface area (Å²) in [5, 5.41) is 4.60. The predicted octanol–water partition coefficient (Wildman–Crippen LogP) is 2.20. The van der Waals surface area contributed by atoms with E-state index in [1.165, 1.54) is 32.1 Å². The van der Waals surface area contributed by atoms with Gasteiger partial charge in [0.2, 0.25) is 10.0 Å². The Kier molecular flexibility index (Phi) is 3.95. The van der Waals surface area contributed by atoms with Crippen LogP contribution in [0.5, 0.6) is 0 Å². The molecule has 5 rings (SSSR count). The molecule has 0 spiro atoms. The Morgan fingerprint density at radius 1 is 0.913 bits per heavy atom. The van der Waals surface area contributed by atoms with E-state index >= 15 is 0 Å².